The fourth-order valence-corrected chi connectivity index (χ4v) is 2.23. The van der Waals surface area contributed by atoms with Gasteiger partial charge in [-0.15, -0.1) is 0 Å². The molecule has 5 nitrogen and oxygen atoms in total. The highest BCUT2D eigenvalue weighted by Crippen LogP contribution is 2.19. The monoisotopic (exact) mass is 313 g/mol. The number of benzene rings is 2. The summed E-state index contributed by atoms with van der Waals surface area (Å²) in [6, 6.07) is 13.3. The topological polar surface area (TPSA) is 61.4 Å². The van der Waals surface area contributed by atoms with E-state index in [1.165, 1.54) is 4.90 Å². The van der Waals surface area contributed by atoms with Crippen molar-refractivity contribution in [2.45, 2.75) is 26.3 Å². The SMILES string of the molecule is CN(CC(=O)NC(C)(C)C)C(=O)Nc1ccc2ccccc2c1. The summed E-state index contributed by atoms with van der Waals surface area (Å²) in [5.41, 5.74) is 0.393. The van der Waals surface area contributed by atoms with Gasteiger partial charge in [-0.05, 0) is 43.7 Å². The Balaban J connectivity index is 1.98. The summed E-state index contributed by atoms with van der Waals surface area (Å²) in [4.78, 5) is 25.4. The van der Waals surface area contributed by atoms with Crippen LogP contribution in [-0.4, -0.2) is 36.0 Å². The quantitative estimate of drug-likeness (QED) is 0.914. The first kappa shape index (κ1) is 16.8. The number of carbonyl (C=O) groups is 2. The minimum atomic E-state index is -0.315. The minimum Gasteiger partial charge on any atom is -0.350 e. The number of hydrogen-bond acceptors (Lipinski definition) is 2. The molecule has 5 heteroatoms. The zero-order valence-corrected chi connectivity index (χ0v) is 14.0. The molecule has 0 radical (unpaired) electrons. The van der Waals surface area contributed by atoms with Gasteiger partial charge in [-0.1, -0.05) is 30.3 Å². The van der Waals surface area contributed by atoms with Crippen molar-refractivity contribution in [2.75, 3.05) is 18.9 Å². The molecule has 2 N–H and O–H groups in total. The normalized spacial score (nSPS) is 11.1. The van der Waals surface area contributed by atoms with Crippen LogP contribution in [0.3, 0.4) is 0 Å². The number of amides is 3. The van der Waals surface area contributed by atoms with E-state index in [4.69, 9.17) is 0 Å². The second kappa shape index (κ2) is 6.69. The number of rotatable bonds is 3. The summed E-state index contributed by atoms with van der Waals surface area (Å²) < 4.78 is 0. The maximum atomic E-state index is 12.2. The molecule has 0 aliphatic rings. The Hall–Kier alpha value is -2.56. The van der Waals surface area contributed by atoms with Gasteiger partial charge in [-0.3, -0.25) is 4.79 Å². The molecule has 2 aromatic rings. The van der Waals surface area contributed by atoms with E-state index >= 15 is 0 Å². The number of nitrogens with one attached hydrogen (secondary N) is 2. The maximum absolute atomic E-state index is 12.2. The maximum Gasteiger partial charge on any atom is 0.322 e. The van der Waals surface area contributed by atoms with E-state index in [9.17, 15) is 9.59 Å². The lowest BCUT2D eigenvalue weighted by molar-refractivity contribution is -0.122. The molecule has 23 heavy (non-hydrogen) atoms. The van der Waals surface area contributed by atoms with Gasteiger partial charge in [0.1, 0.15) is 6.54 Å². The molecule has 0 saturated heterocycles. The van der Waals surface area contributed by atoms with E-state index < -0.39 is 0 Å². The van der Waals surface area contributed by atoms with Crippen LogP contribution in [0.25, 0.3) is 10.8 Å². The Labute approximate surface area is 136 Å². The van der Waals surface area contributed by atoms with Gasteiger partial charge in [-0.25, -0.2) is 4.79 Å². The Morgan fingerprint density at radius 1 is 1.04 bits per heavy atom. The number of hydrogen-bond donors (Lipinski definition) is 2. The van der Waals surface area contributed by atoms with Gasteiger partial charge >= 0.3 is 6.03 Å². The molecule has 0 spiro atoms. The molecule has 0 unspecified atom stereocenters. The van der Waals surface area contributed by atoms with Crippen LogP contribution in [0.2, 0.25) is 0 Å². The first-order chi connectivity index (χ1) is 10.7. The molecule has 122 valence electrons. The van der Waals surface area contributed by atoms with Gasteiger partial charge in [0.2, 0.25) is 5.91 Å². The van der Waals surface area contributed by atoms with E-state index in [1.807, 2.05) is 63.2 Å². The Bertz CT molecular complexity index is 720. The highest BCUT2D eigenvalue weighted by atomic mass is 16.2. The van der Waals surface area contributed by atoms with Crippen LogP contribution >= 0.6 is 0 Å². The van der Waals surface area contributed by atoms with Crippen LogP contribution < -0.4 is 10.6 Å². The zero-order valence-electron chi connectivity index (χ0n) is 14.0. The lowest BCUT2D eigenvalue weighted by Gasteiger charge is -2.23. The summed E-state index contributed by atoms with van der Waals surface area (Å²) >= 11 is 0. The Morgan fingerprint density at radius 3 is 2.35 bits per heavy atom. The smallest absolute Gasteiger partial charge is 0.322 e. The van der Waals surface area contributed by atoms with Crippen molar-refractivity contribution < 1.29 is 9.59 Å². The Morgan fingerprint density at radius 2 is 1.70 bits per heavy atom. The second-order valence-corrected chi connectivity index (χ2v) is 6.65. The molecular formula is C18H23N3O2. The number of anilines is 1. The second-order valence-electron chi connectivity index (χ2n) is 6.65. The third kappa shape index (κ3) is 4.98. The molecule has 0 fully saturated rings. The van der Waals surface area contributed by atoms with E-state index in [0.717, 1.165) is 10.8 Å². The van der Waals surface area contributed by atoms with Gasteiger partial charge in [0.05, 0.1) is 0 Å². The van der Waals surface area contributed by atoms with Crippen molar-refractivity contribution in [2.24, 2.45) is 0 Å². The highest BCUT2D eigenvalue weighted by Gasteiger charge is 2.17. The molecule has 0 aliphatic heterocycles. The summed E-state index contributed by atoms with van der Waals surface area (Å²) in [7, 11) is 1.60. The molecule has 0 heterocycles. The van der Waals surface area contributed by atoms with Crippen molar-refractivity contribution in [3.63, 3.8) is 0 Å². The molecule has 0 aliphatic carbocycles. The van der Waals surface area contributed by atoms with Crippen molar-refractivity contribution in [3.8, 4) is 0 Å². The summed E-state index contributed by atoms with van der Waals surface area (Å²) in [5, 5.41) is 7.81. The predicted molar refractivity (Wildman–Crippen MR) is 93.5 cm³/mol. The molecule has 0 atom stereocenters. The fraction of sp³-hybridized carbons (Fsp3) is 0.333. The third-order valence-electron chi connectivity index (χ3n) is 3.24. The third-order valence-corrected chi connectivity index (χ3v) is 3.24. The van der Waals surface area contributed by atoms with Crippen LogP contribution in [0.5, 0.6) is 0 Å². The predicted octanol–water partition coefficient (Wildman–Crippen LogP) is 3.22. The van der Waals surface area contributed by atoms with Crippen LogP contribution in [0.1, 0.15) is 20.8 Å². The van der Waals surface area contributed by atoms with Gasteiger partial charge in [-0.2, -0.15) is 0 Å². The summed E-state index contributed by atoms with van der Waals surface area (Å²) in [6.45, 7) is 5.72. The van der Waals surface area contributed by atoms with Gasteiger partial charge in [0.15, 0.2) is 0 Å². The first-order valence-electron chi connectivity index (χ1n) is 7.56. The zero-order chi connectivity index (χ0) is 17.0. The lowest BCUT2D eigenvalue weighted by Crippen LogP contribution is -2.47. The number of fused-ring (bicyclic) bond motifs is 1. The van der Waals surface area contributed by atoms with Crippen LogP contribution in [0, 0.1) is 0 Å². The van der Waals surface area contributed by atoms with Gasteiger partial charge in [0.25, 0.3) is 0 Å². The van der Waals surface area contributed by atoms with Gasteiger partial charge < -0.3 is 15.5 Å². The average Bonchev–Trinajstić information content (AvgIpc) is 2.45. The summed E-state index contributed by atoms with van der Waals surface area (Å²) in [5.74, 6) is -0.186. The van der Waals surface area contributed by atoms with E-state index in [2.05, 4.69) is 10.6 Å². The number of nitrogens with zero attached hydrogens (tertiary/aromatic N) is 1. The van der Waals surface area contributed by atoms with Crippen LogP contribution in [-0.2, 0) is 4.79 Å². The van der Waals surface area contributed by atoms with Crippen molar-refractivity contribution in [1.29, 1.82) is 0 Å². The minimum absolute atomic E-state index is 0.0106. The molecule has 0 saturated carbocycles. The molecule has 0 aromatic heterocycles. The highest BCUT2D eigenvalue weighted by molar-refractivity contribution is 5.95. The van der Waals surface area contributed by atoms with E-state index in [-0.39, 0.29) is 24.0 Å². The summed E-state index contributed by atoms with van der Waals surface area (Å²) in [6.07, 6.45) is 0. The van der Waals surface area contributed by atoms with E-state index in [0.29, 0.717) is 5.69 Å². The van der Waals surface area contributed by atoms with E-state index in [1.54, 1.807) is 7.05 Å². The number of carbonyl (C=O) groups excluding carboxylic acids is 2. The van der Waals surface area contributed by atoms with Crippen LogP contribution in [0.15, 0.2) is 42.5 Å². The van der Waals surface area contributed by atoms with Crippen molar-refractivity contribution in [3.05, 3.63) is 42.5 Å². The molecule has 0 bridgehead atoms. The Kier molecular flexibility index (Phi) is 4.89. The number of likely N-dealkylation sites (N-methyl/N-ethyl adjacent to an activating group) is 1. The first-order valence-corrected chi connectivity index (χ1v) is 7.56. The average molecular weight is 313 g/mol. The van der Waals surface area contributed by atoms with Crippen molar-refractivity contribution >= 4 is 28.4 Å². The molecule has 2 rings (SSSR count). The largest absolute Gasteiger partial charge is 0.350 e. The standard InChI is InChI=1S/C18H23N3O2/c1-18(2,3)20-16(22)12-21(4)17(23)19-15-10-9-13-7-5-6-8-14(13)11-15/h5-11H,12H2,1-4H3,(H,19,23)(H,20,22). The van der Waals surface area contributed by atoms with Crippen LogP contribution in [0.4, 0.5) is 10.5 Å². The lowest BCUT2D eigenvalue weighted by atomic mass is 10.1. The van der Waals surface area contributed by atoms with Crippen molar-refractivity contribution in [1.82, 2.24) is 10.2 Å². The molecular weight excluding hydrogens is 290 g/mol. The van der Waals surface area contributed by atoms with Gasteiger partial charge in [0, 0.05) is 18.3 Å². The molecule has 3 amide bonds. The number of urea groups is 1. The molecule has 2 aromatic carbocycles. The fourth-order valence-electron chi connectivity index (χ4n) is 2.23.